The molecule has 2 aromatic heterocycles. The topological polar surface area (TPSA) is 81.3 Å². The zero-order valence-corrected chi connectivity index (χ0v) is 16.7. The number of hydrogen-bond acceptors (Lipinski definition) is 6. The molecule has 0 amide bonds. The van der Waals surface area contributed by atoms with Crippen molar-refractivity contribution in [1.29, 1.82) is 0 Å². The molecule has 2 aromatic carbocycles. The molecule has 1 N–H and O–H groups in total. The summed E-state index contributed by atoms with van der Waals surface area (Å²) in [5, 5.41) is 10.0. The van der Waals surface area contributed by atoms with Gasteiger partial charge in [-0.05, 0) is 55.7 Å². The predicted octanol–water partition coefficient (Wildman–Crippen LogP) is 5.63. The van der Waals surface area contributed by atoms with Crippen molar-refractivity contribution in [1.82, 2.24) is 15.0 Å². The molecule has 0 saturated heterocycles. The number of halogens is 2. The normalized spacial score (nSPS) is 11.2. The minimum absolute atomic E-state index is 0.156. The zero-order valence-electron chi connectivity index (χ0n) is 16.7. The maximum atomic E-state index is 13.9. The van der Waals surface area contributed by atoms with Gasteiger partial charge in [0.05, 0.1) is 5.69 Å². The Hall–Kier alpha value is -3.55. The van der Waals surface area contributed by atoms with Gasteiger partial charge < -0.3 is 14.3 Å². The quantitative estimate of drug-likeness (QED) is 0.458. The lowest BCUT2D eigenvalue weighted by Crippen LogP contribution is -1.99. The van der Waals surface area contributed by atoms with Crippen molar-refractivity contribution in [3.8, 4) is 29.0 Å². The van der Waals surface area contributed by atoms with Crippen molar-refractivity contribution in [2.24, 2.45) is 0 Å². The fraction of sp³-hybridized carbons (Fsp3) is 0.227. The van der Waals surface area contributed by atoms with Gasteiger partial charge in [-0.2, -0.15) is 9.97 Å². The molecule has 0 aliphatic rings. The highest BCUT2D eigenvalue weighted by Gasteiger charge is 2.19. The first-order chi connectivity index (χ1) is 14.4. The van der Waals surface area contributed by atoms with Crippen LogP contribution in [0.1, 0.15) is 30.2 Å². The molecule has 2 heterocycles. The van der Waals surface area contributed by atoms with E-state index in [1.807, 2.05) is 6.92 Å². The lowest BCUT2D eigenvalue weighted by molar-refractivity contribution is 0.404. The van der Waals surface area contributed by atoms with Gasteiger partial charge in [-0.15, -0.1) is 0 Å². The van der Waals surface area contributed by atoms with Crippen LogP contribution in [0.3, 0.4) is 0 Å². The Balaban J connectivity index is 1.81. The Kier molecular flexibility index (Phi) is 5.07. The molecule has 0 bridgehead atoms. The summed E-state index contributed by atoms with van der Waals surface area (Å²) in [5.41, 5.74) is 3.30. The van der Waals surface area contributed by atoms with Crippen molar-refractivity contribution < 1.29 is 23.0 Å². The van der Waals surface area contributed by atoms with E-state index in [0.717, 1.165) is 24.6 Å². The highest BCUT2D eigenvalue weighted by atomic mass is 19.1. The monoisotopic (exact) mass is 411 g/mol. The van der Waals surface area contributed by atoms with Gasteiger partial charge in [0.15, 0.2) is 17.1 Å². The average Bonchev–Trinajstić information content (AvgIpc) is 3.13. The van der Waals surface area contributed by atoms with E-state index in [0.29, 0.717) is 40.2 Å². The average molecular weight is 411 g/mol. The Morgan fingerprint density at radius 1 is 1.03 bits per heavy atom. The van der Waals surface area contributed by atoms with E-state index in [9.17, 15) is 13.9 Å². The van der Waals surface area contributed by atoms with Gasteiger partial charge in [-0.1, -0.05) is 13.3 Å². The molecule has 30 heavy (non-hydrogen) atoms. The maximum Gasteiger partial charge on any atom is 0.325 e. The van der Waals surface area contributed by atoms with Gasteiger partial charge in [-0.25, -0.2) is 13.8 Å². The molecule has 4 rings (SSSR count). The first-order valence-corrected chi connectivity index (χ1v) is 9.46. The number of fused-ring (bicyclic) bond motifs is 1. The molecule has 0 radical (unpaired) electrons. The lowest BCUT2D eigenvalue weighted by atomic mass is 10.1. The van der Waals surface area contributed by atoms with Crippen molar-refractivity contribution in [2.75, 3.05) is 0 Å². The highest BCUT2D eigenvalue weighted by molar-refractivity contribution is 5.76. The van der Waals surface area contributed by atoms with Crippen LogP contribution in [0.4, 0.5) is 8.78 Å². The fourth-order valence-electron chi connectivity index (χ4n) is 3.17. The third kappa shape index (κ3) is 3.68. The summed E-state index contributed by atoms with van der Waals surface area (Å²) in [6, 6.07) is 6.27. The summed E-state index contributed by atoms with van der Waals surface area (Å²) < 4.78 is 38.6. The number of phenolic OH excluding ortho intramolecular Hbond substituents is 1. The number of aromatic hydroxyl groups is 1. The molecule has 0 aliphatic carbocycles. The van der Waals surface area contributed by atoms with Gasteiger partial charge in [0, 0.05) is 11.6 Å². The summed E-state index contributed by atoms with van der Waals surface area (Å²) >= 11 is 0. The number of rotatable bonds is 5. The van der Waals surface area contributed by atoms with Crippen LogP contribution in [0.5, 0.6) is 17.5 Å². The van der Waals surface area contributed by atoms with Crippen molar-refractivity contribution in [3.63, 3.8) is 0 Å². The first kappa shape index (κ1) is 19.8. The molecule has 0 spiro atoms. The molecule has 0 saturated carbocycles. The predicted molar refractivity (Wildman–Crippen MR) is 107 cm³/mol. The van der Waals surface area contributed by atoms with E-state index in [-0.39, 0.29) is 23.2 Å². The van der Waals surface area contributed by atoms with Crippen LogP contribution < -0.4 is 4.74 Å². The molecule has 0 unspecified atom stereocenters. The summed E-state index contributed by atoms with van der Waals surface area (Å²) in [7, 11) is 0. The summed E-state index contributed by atoms with van der Waals surface area (Å²) in [6.07, 6.45) is 1.35. The van der Waals surface area contributed by atoms with Crippen LogP contribution in [0.25, 0.3) is 22.7 Å². The number of nitrogens with zero attached hydrogens (tertiary/aromatic N) is 3. The second-order valence-corrected chi connectivity index (χ2v) is 7.01. The third-order valence-electron chi connectivity index (χ3n) is 4.63. The van der Waals surface area contributed by atoms with Crippen LogP contribution in [-0.2, 0) is 6.42 Å². The number of aromatic nitrogens is 3. The van der Waals surface area contributed by atoms with Crippen LogP contribution in [0.2, 0.25) is 0 Å². The Bertz CT molecular complexity index is 1230. The zero-order chi connectivity index (χ0) is 21.4. The van der Waals surface area contributed by atoms with Crippen LogP contribution in [0.15, 0.2) is 34.7 Å². The van der Waals surface area contributed by atoms with E-state index < -0.39 is 11.6 Å². The Morgan fingerprint density at radius 2 is 1.77 bits per heavy atom. The smallest absolute Gasteiger partial charge is 0.325 e. The fourth-order valence-corrected chi connectivity index (χ4v) is 3.17. The third-order valence-corrected chi connectivity index (χ3v) is 4.63. The number of aryl methyl sites for hydroxylation is 3. The molecular formula is C22H19F2N3O3. The molecule has 0 aliphatic heterocycles. The number of benzene rings is 2. The second-order valence-electron chi connectivity index (χ2n) is 7.01. The minimum atomic E-state index is -0.731. The molecule has 4 aromatic rings. The highest BCUT2D eigenvalue weighted by Crippen LogP contribution is 2.32. The molecule has 6 nitrogen and oxygen atoms in total. The summed E-state index contributed by atoms with van der Waals surface area (Å²) in [5.74, 6) is -1.15. The maximum absolute atomic E-state index is 13.9. The van der Waals surface area contributed by atoms with Gasteiger partial charge in [0.25, 0.3) is 5.71 Å². The Labute approximate surface area is 171 Å². The van der Waals surface area contributed by atoms with E-state index >= 15 is 0 Å². The number of ether oxygens (including phenoxy) is 1. The van der Waals surface area contributed by atoms with Crippen LogP contribution in [0, 0.1) is 25.5 Å². The van der Waals surface area contributed by atoms with Gasteiger partial charge in [0.2, 0.25) is 5.89 Å². The Morgan fingerprint density at radius 3 is 2.47 bits per heavy atom. The second kappa shape index (κ2) is 7.70. The van der Waals surface area contributed by atoms with Gasteiger partial charge in [0.1, 0.15) is 11.6 Å². The molecular weight excluding hydrogens is 392 g/mol. The summed E-state index contributed by atoms with van der Waals surface area (Å²) in [4.78, 5) is 13.1. The number of oxazole rings is 1. The largest absolute Gasteiger partial charge is 0.507 e. The van der Waals surface area contributed by atoms with Crippen molar-refractivity contribution in [2.45, 2.75) is 33.6 Å². The SMILES string of the molecule is CCCc1nc(Oc2cc(F)ccc2F)nc2oc(-c3cc(C)c(O)c(C)c3)nc12. The van der Waals surface area contributed by atoms with Gasteiger partial charge >= 0.3 is 6.01 Å². The van der Waals surface area contributed by atoms with E-state index in [2.05, 4.69) is 15.0 Å². The summed E-state index contributed by atoms with van der Waals surface area (Å²) in [6.45, 7) is 5.56. The minimum Gasteiger partial charge on any atom is -0.507 e. The molecule has 0 atom stereocenters. The molecule has 8 heteroatoms. The van der Waals surface area contributed by atoms with Crippen molar-refractivity contribution >= 4 is 11.2 Å². The standard InChI is InChI=1S/C22H19F2N3O3/c1-4-5-16-18-21(27-22(25-16)29-17-10-14(23)6-7-15(17)24)30-20(26-18)13-8-11(2)19(28)12(3)9-13/h6-10,28H,4-5H2,1-3H3. The number of phenols is 1. The lowest BCUT2D eigenvalue weighted by Gasteiger charge is -2.06. The van der Waals surface area contributed by atoms with Crippen LogP contribution in [-0.4, -0.2) is 20.1 Å². The number of hydrogen-bond donors (Lipinski definition) is 1. The van der Waals surface area contributed by atoms with Gasteiger partial charge in [-0.3, -0.25) is 0 Å². The molecule has 0 fully saturated rings. The van der Waals surface area contributed by atoms with Crippen molar-refractivity contribution in [3.05, 3.63) is 58.8 Å². The first-order valence-electron chi connectivity index (χ1n) is 9.46. The van der Waals surface area contributed by atoms with E-state index in [4.69, 9.17) is 9.15 Å². The molecule has 154 valence electrons. The van der Waals surface area contributed by atoms with E-state index in [1.54, 1.807) is 26.0 Å². The van der Waals surface area contributed by atoms with Crippen LogP contribution >= 0.6 is 0 Å². The van der Waals surface area contributed by atoms with E-state index in [1.165, 1.54) is 0 Å².